The van der Waals surface area contributed by atoms with Gasteiger partial charge in [-0.1, -0.05) is 18.2 Å². The van der Waals surface area contributed by atoms with Crippen LogP contribution in [-0.2, 0) is 11.3 Å². The molecule has 1 N–H and O–H groups in total. The number of hydrogen-bond donors (Lipinski definition) is 1. The average molecular weight is 246 g/mol. The van der Waals surface area contributed by atoms with Gasteiger partial charge in [-0.05, 0) is 18.9 Å². The molecule has 1 aromatic heterocycles. The van der Waals surface area contributed by atoms with Gasteiger partial charge in [0.2, 0.25) is 0 Å². The maximum atomic E-state index is 11.2. The molecule has 0 radical (unpaired) electrons. The predicted octanol–water partition coefficient (Wildman–Crippen LogP) is 1.91. The Morgan fingerprint density at radius 1 is 1.50 bits per heavy atom. The van der Waals surface area contributed by atoms with Crippen LogP contribution in [0, 0.1) is 0 Å². The van der Waals surface area contributed by atoms with Gasteiger partial charge in [-0.15, -0.1) is 0 Å². The van der Waals surface area contributed by atoms with Crippen molar-refractivity contribution in [2.45, 2.75) is 25.5 Å². The second kappa shape index (κ2) is 4.42. The van der Waals surface area contributed by atoms with Gasteiger partial charge in [0.25, 0.3) is 0 Å². The smallest absolute Gasteiger partial charge is 0.357 e. The molecule has 5 nitrogen and oxygen atoms in total. The minimum atomic E-state index is -0.989. The highest BCUT2D eigenvalue weighted by atomic mass is 16.5. The number of ether oxygens (including phenoxy) is 1. The molecule has 1 aromatic carbocycles. The fourth-order valence-electron chi connectivity index (χ4n) is 2.41. The van der Waals surface area contributed by atoms with E-state index in [1.807, 2.05) is 18.2 Å². The first-order chi connectivity index (χ1) is 8.75. The number of nitrogens with zero attached hydrogens (tertiary/aromatic N) is 2. The zero-order valence-corrected chi connectivity index (χ0v) is 9.87. The number of carbonyl (C=O) groups is 1. The summed E-state index contributed by atoms with van der Waals surface area (Å²) < 4.78 is 7.31. The summed E-state index contributed by atoms with van der Waals surface area (Å²) in [5.74, 6) is -0.989. The minimum absolute atomic E-state index is 0.114. The number of fused-ring (bicyclic) bond motifs is 1. The number of carboxylic acids is 1. The molecular weight excluding hydrogens is 232 g/mol. The van der Waals surface area contributed by atoms with E-state index in [0.29, 0.717) is 11.9 Å². The number of rotatable bonds is 3. The normalized spacial score (nSPS) is 19.4. The molecule has 1 unspecified atom stereocenters. The molecule has 0 saturated carbocycles. The Morgan fingerprint density at radius 3 is 3.06 bits per heavy atom. The summed E-state index contributed by atoms with van der Waals surface area (Å²) in [4.78, 5) is 11.2. The van der Waals surface area contributed by atoms with Gasteiger partial charge in [0.05, 0.1) is 18.2 Å². The molecule has 1 aliphatic rings. The molecule has 94 valence electrons. The van der Waals surface area contributed by atoms with Crippen LogP contribution in [0.1, 0.15) is 23.3 Å². The Labute approximate surface area is 104 Å². The number of aromatic carboxylic acids is 1. The highest BCUT2D eigenvalue weighted by Crippen LogP contribution is 2.21. The fraction of sp³-hybridized carbons (Fsp3) is 0.385. The lowest BCUT2D eigenvalue weighted by Crippen LogP contribution is -2.16. The summed E-state index contributed by atoms with van der Waals surface area (Å²) in [5, 5.41) is 14.0. The van der Waals surface area contributed by atoms with E-state index >= 15 is 0 Å². The number of para-hydroxylation sites is 1. The lowest BCUT2D eigenvalue weighted by Gasteiger charge is -2.09. The van der Waals surface area contributed by atoms with Crippen LogP contribution in [0.5, 0.6) is 0 Å². The zero-order chi connectivity index (χ0) is 12.5. The van der Waals surface area contributed by atoms with Gasteiger partial charge in [-0.25, -0.2) is 4.79 Å². The molecule has 2 heterocycles. The van der Waals surface area contributed by atoms with Crippen molar-refractivity contribution in [1.29, 1.82) is 0 Å². The van der Waals surface area contributed by atoms with Gasteiger partial charge in [-0.2, -0.15) is 5.10 Å². The van der Waals surface area contributed by atoms with Crippen molar-refractivity contribution in [1.82, 2.24) is 9.78 Å². The highest BCUT2D eigenvalue weighted by molar-refractivity contribution is 6.01. The molecular formula is C13H14N2O3. The summed E-state index contributed by atoms with van der Waals surface area (Å²) in [6, 6.07) is 7.40. The first kappa shape index (κ1) is 11.2. The van der Waals surface area contributed by atoms with Crippen LogP contribution >= 0.6 is 0 Å². The Bertz CT molecular complexity index is 585. The van der Waals surface area contributed by atoms with Crippen LogP contribution in [0.25, 0.3) is 10.9 Å². The molecule has 2 aromatic rings. The maximum Gasteiger partial charge on any atom is 0.357 e. The third-order valence-electron chi connectivity index (χ3n) is 3.26. The van der Waals surface area contributed by atoms with Gasteiger partial charge >= 0.3 is 5.97 Å². The van der Waals surface area contributed by atoms with Crippen LogP contribution in [0.15, 0.2) is 24.3 Å². The summed E-state index contributed by atoms with van der Waals surface area (Å²) in [5.41, 5.74) is 0.967. The number of carboxylic acid groups (broad SMARTS) is 1. The third-order valence-corrected chi connectivity index (χ3v) is 3.26. The van der Waals surface area contributed by atoms with Gasteiger partial charge in [0, 0.05) is 12.0 Å². The molecule has 1 atom stereocenters. The molecule has 0 bridgehead atoms. The van der Waals surface area contributed by atoms with Crippen molar-refractivity contribution in [2.24, 2.45) is 0 Å². The molecule has 18 heavy (non-hydrogen) atoms. The quantitative estimate of drug-likeness (QED) is 0.898. The number of aromatic nitrogens is 2. The zero-order valence-electron chi connectivity index (χ0n) is 9.87. The molecule has 0 amide bonds. The van der Waals surface area contributed by atoms with Crippen LogP contribution in [-0.4, -0.2) is 33.6 Å². The summed E-state index contributed by atoms with van der Waals surface area (Å²) in [6.07, 6.45) is 2.22. The Hall–Kier alpha value is -1.88. The van der Waals surface area contributed by atoms with E-state index < -0.39 is 5.97 Å². The second-order valence-electron chi connectivity index (χ2n) is 4.49. The molecule has 3 rings (SSSR count). The third kappa shape index (κ3) is 1.86. The van der Waals surface area contributed by atoms with Gasteiger partial charge in [0.15, 0.2) is 5.69 Å². The van der Waals surface area contributed by atoms with Crippen molar-refractivity contribution in [3.05, 3.63) is 30.0 Å². The van der Waals surface area contributed by atoms with E-state index in [4.69, 9.17) is 9.84 Å². The van der Waals surface area contributed by atoms with E-state index in [2.05, 4.69) is 5.10 Å². The summed E-state index contributed by atoms with van der Waals surface area (Å²) >= 11 is 0. The predicted molar refractivity (Wildman–Crippen MR) is 65.7 cm³/mol. The van der Waals surface area contributed by atoms with Gasteiger partial charge in [-0.3, -0.25) is 4.68 Å². The molecule has 0 aliphatic carbocycles. The van der Waals surface area contributed by atoms with Crippen LogP contribution in [0.2, 0.25) is 0 Å². The second-order valence-corrected chi connectivity index (χ2v) is 4.49. The van der Waals surface area contributed by atoms with E-state index in [0.717, 1.165) is 25.0 Å². The van der Waals surface area contributed by atoms with E-state index in [-0.39, 0.29) is 11.8 Å². The van der Waals surface area contributed by atoms with Crippen LogP contribution in [0.4, 0.5) is 0 Å². The highest BCUT2D eigenvalue weighted by Gasteiger charge is 2.20. The van der Waals surface area contributed by atoms with Crippen LogP contribution < -0.4 is 0 Å². The van der Waals surface area contributed by atoms with Crippen molar-refractivity contribution < 1.29 is 14.6 Å². The Kier molecular flexibility index (Phi) is 2.76. The van der Waals surface area contributed by atoms with Crippen molar-refractivity contribution in [3.63, 3.8) is 0 Å². The van der Waals surface area contributed by atoms with E-state index in [1.54, 1.807) is 10.7 Å². The first-order valence-corrected chi connectivity index (χ1v) is 6.06. The lowest BCUT2D eigenvalue weighted by atomic mass is 10.2. The summed E-state index contributed by atoms with van der Waals surface area (Å²) in [6.45, 7) is 1.41. The molecule has 1 fully saturated rings. The van der Waals surface area contributed by atoms with Gasteiger partial charge < -0.3 is 9.84 Å². The molecule has 1 aliphatic heterocycles. The molecule has 5 heteroatoms. The molecule has 0 spiro atoms. The Balaban J connectivity index is 2.02. The van der Waals surface area contributed by atoms with E-state index in [1.165, 1.54) is 0 Å². The van der Waals surface area contributed by atoms with Crippen LogP contribution in [0.3, 0.4) is 0 Å². The topological polar surface area (TPSA) is 64.3 Å². The maximum absolute atomic E-state index is 11.2. The standard InChI is InChI=1S/C13H14N2O3/c16-13(17)12-10-5-1-2-6-11(10)15(14-12)8-9-4-3-7-18-9/h1-2,5-6,9H,3-4,7-8H2,(H,16,17). The van der Waals surface area contributed by atoms with Gasteiger partial charge in [0.1, 0.15) is 0 Å². The summed E-state index contributed by atoms with van der Waals surface area (Å²) in [7, 11) is 0. The number of hydrogen-bond acceptors (Lipinski definition) is 3. The van der Waals surface area contributed by atoms with Crippen molar-refractivity contribution >= 4 is 16.9 Å². The fourth-order valence-corrected chi connectivity index (χ4v) is 2.41. The van der Waals surface area contributed by atoms with Crippen molar-refractivity contribution in [2.75, 3.05) is 6.61 Å². The average Bonchev–Trinajstić information content (AvgIpc) is 2.98. The minimum Gasteiger partial charge on any atom is -0.476 e. The lowest BCUT2D eigenvalue weighted by molar-refractivity contribution is 0.0687. The monoisotopic (exact) mass is 246 g/mol. The Morgan fingerprint density at radius 2 is 2.33 bits per heavy atom. The first-order valence-electron chi connectivity index (χ1n) is 6.06. The van der Waals surface area contributed by atoms with E-state index in [9.17, 15) is 4.79 Å². The van der Waals surface area contributed by atoms with Crippen molar-refractivity contribution in [3.8, 4) is 0 Å². The SMILES string of the molecule is O=C(O)c1nn(CC2CCCO2)c2ccccc12. The molecule has 1 saturated heterocycles. The number of benzene rings is 1. The largest absolute Gasteiger partial charge is 0.476 e.